The minimum absolute atomic E-state index is 0.0182. The van der Waals surface area contributed by atoms with E-state index in [1.54, 1.807) is 6.07 Å². The molecule has 1 aromatic carbocycles. The Morgan fingerprint density at radius 3 is 3.00 bits per heavy atom. The van der Waals surface area contributed by atoms with Gasteiger partial charge in [-0.2, -0.15) is 0 Å². The number of ether oxygens (including phenoxy) is 2. The second-order valence-electron chi connectivity index (χ2n) is 3.41. The molecule has 0 radical (unpaired) electrons. The van der Waals surface area contributed by atoms with E-state index >= 15 is 0 Å². The summed E-state index contributed by atoms with van der Waals surface area (Å²) in [5.41, 5.74) is 5.95. The minimum atomic E-state index is -0.387. The van der Waals surface area contributed by atoms with Crippen molar-refractivity contribution in [2.24, 2.45) is 0 Å². The second-order valence-corrected chi connectivity index (χ2v) is 4.26. The Kier molecular flexibility index (Phi) is 3.11. The van der Waals surface area contributed by atoms with E-state index in [-0.39, 0.29) is 11.9 Å². The standard InChI is InChI=1S/C10H11BrFNO2/c11-7-3-10(9(13)4-8(7)12)15-6-1-2-14-5-6/h3-4,6H,1-2,5,13H2. The molecule has 1 atom stereocenters. The van der Waals surface area contributed by atoms with Gasteiger partial charge in [0.25, 0.3) is 0 Å². The van der Waals surface area contributed by atoms with Gasteiger partial charge in [-0.05, 0) is 22.0 Å². The van der Waals surface area contributed by atoms with Crippen LogP contribution in [-0.4, -0.2) is 19.3 Å². The molecule has 1 aromatic rings. The Bertz CT molecular complexity index is 367. The molecule has 0 saturated carbocycles. The van der Waals surface area contributed by atoms with Crippen molar-refractivity contribution < 1.29 is 13.9 Å². The lowest BCUT2D eigenvalue weighted by atomic mass is 10.2. The van der Waals surface area contributed by atoms with Gasteiger partial charge in [0.05, 0.1) is 23.4 Å². The van der Waals surface area contributed by atoms with E-state index in [0.717, 1.165) is 6.42 Å². The molecule has 2 N–H and O–H groups in total. The zero-order valence-electron chi connectivity index (χ0n) is 8.00. The molecule has 1 fully saturated rings. The molecule has 1 aliphatic heterocycles. The predicted octanol–water partition coefficient (Wildman–Crippen LogP) is 2.34. The number of anilines is 1. The van der Waals surface area contributed by atoms with Crippen molar-refractivity contribution in [3.05, 3.63) is 22.4 Å². The van der Waals surface area contributed by atoms with Crippen molar-refractivity contribution in [3.63, 3.8) is 0 Å². The van der Waals surface area contributed by atoms with E-state index in [9.17, 15) is 4.39 Å². The number of halogens is 2. The Balaban J connectivity index is 2.16. The quantitative estimate of drug-likeness (QED) is 0.843. The maximum absolute atomic E-state index is 13.1. The van der Waals surface area contributed by atoms with Crippen LogP contribution < -0.4 is 10.5 Å². The van der Waals surface area contributed by atoms with Gasteiger partial charge in [-0.1, -0.05) is 0 Å². The van der Waals surface area contributed by atoms with E-state index in [2.05, 4.69) is 15.9 Å². The summed E-state index contributed by atoms with van der Waals surface area (Å²) in [7, 11) is 0. The first kappa shape index (κ1) is 10.7. The number of hydrogen-bond donors (Lipinski definition) is 1. The number of nitrogen functional groups attached to an aromatic ring is 1. The lowest BCUT2D eigenvalue weighted by Gasteiger charge is -2.14. The van der Waals surface area contributed by atoms with Crippen LogP contribution in [0.5, 0.6) is 5.75 Å². The summed E-state index contributed by atoms with van der Waals surface area (Å²) in [6.07, 6.45) is 0.860. The molecule has 0 aromatic heterocycles. The maximum atomic E-state index is 13.1. The van der Waals surface area contributed by atoms with Gasteiger partial charge >= 0.3 is 0 Å². The molecule has 82 valence electrons. The molecule has 0 spiro atoms. The SMILES string of the molecule is Nc1cc(F)c(Br)cc1OC1CCOC1. The van der Waals surface area contributed by atoms with Crippen molar-refractivity contribution in [1.29, 1.82) is 0 Å². The monoisotopic (exact) mass is 275 g/mol. The summed E-state index contributed by atoms with van der Waals surface area (Å²) in [6.45, 7) is 1.27. The third kappa shape index (κ3) is 2.41. The summed E-state index contributed by atoms with van der Waals surface area (Å²) < 4.78 is 24.2. The molecule has 0 bridgehead atoms. The van der Waals surface area contributed by atoms with Gasteiger partial charge in [-0.25, -0.2) is 4.39 Å². The first-order chi connectivity index (χ1) is 7.16. The molecule has 1 saturated heterocycles. The maximum Gasteiger partial charge on any atom is 0.144 e. The Morgan fingerprint density at radius 1 is 1.53 bits per heavy atom. The summed E-state index contributed by atoms with van der Waals surface area (Å²) in [4.78, 5) is 0. The highest BCUT2D eigenvalue weighted by molar-refractivity contribution is 9.10. The van der Waals surface area contributed by atoms with E-state index in [0.29, 0.717) is 29.1 Å². The van der Waals surface area contributed by atoms with Crippen LogP contribution in [0.4, 0.5) is 10.1 Å². The van der Waals surface area contributed by atoms with Gasteiger partial charge in [-0.15, -0.1) is 0 Å². The fraction of sp³-hybridized carbons (Fsp3) is 0.400. The van der Waals surface area contributed by atoms with Gasteiger partial charge < -0.3 is 15.2 Å². The highest BCUT2D eigenvalue weighted by Crippen LogP contribution is 2.30. The summed E-state index contributed by atoms with van der Waals surface area (Å²) in [6, 6.07) is 2.79. The van der Waals surface area contributed by atoms with Crippen LogP contribution in [0.3, 0.4) is 0 Å². The first-order valence-electron chi connectivity index (χ1n) is 4.66. The molecule has 5 heteroatoms. The Hall–Kier alpha value is -0.810. The lowest BCUT2D eigenvalue weighted by molar-refractivity contribution is 0.142. The summed E-state index contributed by atoms with van der Waals surface area (Å²) >= 11 is 3.09. The average molecular weight is 276 g/mol. The smallest absolute Gasteiger partial charge is 0.144 e. The van der Waals surface area contributed by atoms with Crippen LogP contribution in [0, 0.1) is 5.82 Å². The van der Waals surface area contributed by atoms with Crippen LogP contribution >= 0.6 is 15.9 Å². The minimum Gasteiger partial charge on any atom is -0.486 e. The van der Waals surface area contributed by atoms with E-state index in [1.165, 1.54) is 6.07 Å². The summed E-state index contributed by atoms with van der Waals surface area (Å²) in [5, 5.41) is 0. The molecule has 1 unspecified atom stereocenters. The third-order valence-corrected chi connectivity index (χ3v) is 2.84. The largest absolute Gasteiger partial charge is 0.486 e. The van der Waals surface area contributed by atoms with Gasteiger partial charge in [0.1, 0.15) is 17.7 Å². The number of nitrogens with two attached hydrogens (primary N) is 1. The Morgan fingerprint density at radius 2 is 2.33 bits per heavy atom. The first-order valence-corrected chi connectivity index (χ1v) is 5.45. The van der Waals surface area contributed by atoms with Crippen molar-refractivity contribution in [1.82, 2.24) is 0 Å². The van der Waals surface area contributed by atoms with E-state index < -0.39 is 0 Å². The van der Waals surface area contributed by atoms with E-state index in [4.69, 9.17) is 15.2 Å². The van der Waals surface area contributed by atoms with Crippen LogP contribution in [0.25, 0.3) is 0 Å². The molecule has 15 heavy (non-hydrogen) atoms. The van der Waals surface area contributed by atoms with Crippen molar-refractivity contribution in [2.45, 2.75) is 12.5 Å². The van der Waals surface area contributed by atoms with Crippen LogP contribution in [0.15, 0.2) is 16.6 Å². The fourth-order valence-corrected chi connectivity index (χ4v) is 1.75. The van der Waals surface area contributed by atoms with Gasteiger partial charge in [0.2, 0.25) is 0 Å². The molecule has 0 aliphatic carbocycles. The molecule has 1 heterocycles. The van der Waals surface area contributed by atoms with Gasteiger partial charge in [-0.3, -0.25) is 0 Å². The molecule has 3 nitrogen and oxygen atoms in total. The highest BCUT2D eigenvalue weighted by Gasteiger charge is 2.18. The van der Waals surface area contributed by atoms with Gasteiger partial charge in [0, 0.05) is 12.5 Å². The van der Waals surface area contributed by atoms with Crippen molar-refractivity contribution in [2.75, 3.05) is 18.9 Å². The third-order valence-electron chi connectivity index (χ3n) is 2.23. The fourth-order valence-electron chi connectivity index (χ4n) is 1.43. The number of benzene rings is 1. The van der Waals surface area contributed by atoms with Crippen molar-refractivity contribution in [3.8, 4) is 5.75 Å². The van der Waals surface area contributed by atoms with Crippen molar-refractivity contribution >= 4 is 21.6 Å². The zero-order chi connectivity index (χ0) is 10.8. The molecule has 1 aliphatic rings. The average Bonchev–Trinajstić information content (AvgIpc) is 2.67. The second kappa shape index (κ2) is 4.37. The summed E-state index contributed by atoms with van der Waals surface area (Å²) in [5.74, 6) is 0.112. The van der Waals surface area contributed by atoms with Crippen LogP contribution in [-0.2, 0) is 4.74 Å². The highest BCUT2D eigenvalue weighted by atomic mass is 79.9. The number of rotatable bonds is 2. The predicted molar refractivity (Wildman–Crippen MR) is 58.4 cm³/mol. The Labute approximate surface area is 95.5 Å². The number of hydrogen-bond acceptors (Lipinski definition) is 3. The topological polar surface area (TPSA) is 44.5 Å². The molecular weight excluding hydrogens is 265 g/mol. The van der Waals surface area contributed by atoms with Crippen LogP contribution in [0.1, 0.15) is 6.42 Å². The van der Waals surface area contributed by atoms with E-state index in [1.807, 2.05) is 0 Å². The normalized spacial score (nSPS) is 20.5. The molecule has 0 amide bonds. The lowest BCUT2D eigenvalue weighted by Crippen LogP contribution is -2.16. The molecule has 2 rings (SSSR count). The molecular formula is C10H11BrFNO2. The van der Waals surface area contributed by atoms with Gasteiger partial charge in [0.15, 0.2) is 0 Å². The van der Waals surface area contributed by atoms with Crippen LogP contribution in [0.2, 0.25) is 0 Å². The zero-order valence-corrected chi connectivity index (χ0v) is 9.59.